The van der Waals surface area contributed by atoms with E-state index < -0.39 is 5.60 Å². The molecule has 1 amide bonds. The lowest BCUT2D eigenvalue weighted by atomic mass is 10.1. The van der Waals surface area contributed by atoms with Gasteiger partial charge in [0.2, 0.25) is 5.78 Å². The maximum Gasteiger partial charge on any atom is 0.410 e. The van der Waals surface area contributed by atoms with Crippen molar-refractivity contribution in [3.8, 4) is 0 Å². The molecule has 7 heteroatoms. The van der Waals surface area contributed by atoms with Crippen molar-refractivity contribution < 1.29 is 14.3 Å². The van der Waals surface area contributed by atoms with Crippen LogP contribution in [0.1, 0.15) is 43.9 Å². The van der Waals surface area contributed by atoms with E-state index in [2.05, 4.69) is 9.88 Å². The highest BCUT2D eigenvalue weighted by atomic mass is 16.6. The fraction of sp³-hybridized carbons (Fsp3) is 0.476. The van der Waals surface area contributed by atoms with Gasteiger partial charge in [0.05, 0.1) is 0 Å². The van der Waals surface area contributed by atoms with Crippen LogP contribution in [0.2, 0.25) is 0 Å². The van der Waals surface area contributed by atoms with E-state index in [-0.39, 0.29) is 11.9 Å². The van der Waals surface area contributed by atoms with Crippen molar-refractivity contribution in [1.82, 2.24) is 14.5 Å². The summed E-state index contributed by atoms with van der Waals surface area (Å²) in [4.78, 5) is 33.5. The number of rotatable bonds is 4. The molecule has 0 spiro atoms. The standard InChI is InChI=1S/C21H28N4O3/c1-5-23-11-10-22-19(23)18(26)16-8-6-7-9-17(16)24-12-14-25(15-13-24)20(27)28-21(2,3)4/h6-11H,5,12-15H2,1-4H3. The van der Waals surface area contributed by atoms with Gasteiger partial charge in [-0.25, -0.2) is 9.78 Å². The fourth-order valence-corrected chi connectivity index (χ4v) is 3.29. The largest absolute Gasteiger partial charge is 0.444 e. The van der Waals surface area contributed by atoms with Gasteiger partial charge in [0, 0.05) is 56.4 Å². The average molecular weight is 384 g/mol. The van der Waals surface area contributed by atoms with Crippen LogP contribution < -0.4 is 4.90 Å². The SMILES string of the molecule is CCn1ccnc1C(=O)c1ccccc1N1CCN(C(=O)OC(C)(C)C)CC1. The summed E-state index contributed by atoms with van der Waals surface area (Å²) in [6, 6.07) is 7.59. The van der Waals surface area contributed by atoms with Gasteiger partial charge in [0.15, 0.2) is 5.82 Å². The van der Waals surface area contributed by atoms with Crippen molar-refractivity contribution in [3.63, 3.8) is 0 Å². The normalized spacial score (nSPS) is 14.9. The Balaban J connectivity index is 1.74. The molecular formula is C21H28N4O3. The van der Waals surface area contributed by atoms with Crippen LogP contribution >= 0.6 is 0 Å². The minimum atomic E-state index is -0.506. The first-order valence-corrected chi connectivity index (χ1v) is 9.68. The molecule has 2 heterocycles. The molecule has 0 bridgehead atoms. The number of hydrogen-bond acceptors (Lipinski definition) is 5. The van der Waals surface area contributed by atoms with Crippen LogP contribution in [-0.4, -0.2) is 58.1 Å². The Labute approximate surface area is 165 Å². The Bertz CT molecular complexity index is 845. The minimum Gasteiger partial charge on any atom is -0.444 e. The smallest absolute Gasteiger partial charge is 0.410 e. The molecule has 0 radical (unpaired) electrons. The maximum absolute atomic E-state index is 13.1. The summed E-state index contributed by atoms with van der Waals surface area (Å²) in [7, 11) is 0. The zero-order valence-electron chi connectivity index (χ0n) is 17.0. The molecule has 0 atom stereocenters. The first kappa shape index (κ1) is 19.9. The number of aromatic nitrogens is 2. The Morgan fingerprint density at radius 3 is 2.43 bits per heavy atom. The van der Waals surface area contributed by atoms with Gasteiger partial charge in [-0.15, -0.1) is 0 Å². The second kappa shape index (κ2) is 8.04. The molecule has 0 saturated carbocycles. The number of anilines is 1. The number of ketones is 1. The fourth-order valence-electron chi connectivity index (χ4n) is 3.29. The van der Waals surface area contributed by atoms with E-state index in [0.29, 0.717) is 44.1 Å². The van der Waals surface area contributed by atoms with Crippen LogP contribution in [-0.2, 0) is 11.3 Å². The summed E-state index contributed by atoms with van der Waals surface area (Å²) in [5.41, 5.74) is 1.00. The highest BCUT2D eigenvalue weighted by Gasteiger charge is 2.28. The predicted molar refractivity (Wildman–Crippen MR) is 108 cm³/mol. The first-order chi connectivity index (χ1) is 13.3. The van der Waals surface area contributed by atoms with E-state index in [1.807, 2.05) is 62.7 Å². The van der Waals surface area contributed by atoms with Crippen LogP contribution in [0.15, 0.2) is 36.7 Å². The zero-order chi connectivity index (χ0) is 20.3. The van der Waals surface area contributed by atoms with Gasteiger partial charge >= 0.3 is 6.09 Å². The van der Waals surface area contributed by atoms with Crippen molar-refractivity contribution in [2.75, 3.05) is 31.1 Å². The van der Waals surface area contributed by atoms with Crippen molar-refractivity contribution in [1.29, 1.82) is 0 Å². The Hall–Kier alpha value is -2.83. The lowest BCUT2D eigenvalue weighted by Crippen LogP contribution is -2.50. The monoisotopic (exact) mass is 384 g/mol. The first-order valence-electron chi connectivity index (χ1n) is 9.68. The van der Waals surface area contributed by atoms with Gasteiger partial charge in [-0.1, -0.05) is 12.1 Å². The summed E-state index contributed by atoms with van der Waals surface area (Å²) >= 11 is 0. The maximum atomic E-state index is 13.1. The summed E-state index contributed by atoms with van der Waals surface area (Å²) in [6.07, 6.45) is 3.18. The van der Waals surface area contributed by atoms with Crippen molar-refractivity contribution >= 4 is 17.6 Å². The molecular weight excluding hydrogens is 356 g/mol. The number of para-hydroxylation sites is 1. The Kier molecular flexibility index (Phi) is 5.72. The van der Waals surface area contributed by atoms with Gasteiger partial charge in [0.25, 0.3) is 0 Å². The van der Waals surface area contributed by atoms with Crippen molar-refractivity contribution in [3.05, 3.63) is 48.0 Å². The van der Waals surface area contributed by atoms with Crippen LogP contribution in [0.5, 0.6) is 0 Å². The molecule has 1 aliphatic rings. The van der Waals surface area contributed by atoms with Gasteiger partial charge in [-0.3, -0.25) is 4.79 Å². The third-order valence-corrected chi connectivity index (χ3v) is 4.68. The molecule has 28 heavy (non-hydrogen) atoms. The van der Waals surface area contributed by atoms with Gasteiger partial charge in [-0.2, -0.15) is 0 Å². The Morgan fingerprint density at radius 1 is 1.11 bits per heavy atom. The van der Waals surface area contributed by atoms with Crippen LogP contribution in [0.4, 0.5) is 10.5 Å². The molecule has 1 aromatic heterocycles. The second-order valence-electron chi connectivity index (χ2n) is 7.84. The van der Waals surface area contributed by atoms with Crippen molar-refractivity contribution in [2.24, 2.45) is 0 Å². The molecule has 1 aromatic carbocycles. The molecule has 1 aliphatic heterocycles. The number of piperazine rings is 1. The second-order valence-corrected chi connectivity index (χ2v) is 7.84. The highest BCUT2D eigenvalue weighted by Crippen LogP contribution is 2.24. The molecule has 0 N–H and O–H groups in total. The van der Waals surface area contributed by atoms with Gasteiger partial charge in [0.1, 0.15) is 5.60 Å². The highest BCUT2D eigenvalue weighted by molar-refractivity contribution is 6.10. The number of amides is 1. The van der Waals surface area contributed by atoms with Crippen LogP contribution in [0.25, 0.3) is 0 Å². The molecule has 0 unspecified atom stereocenters. The summed E-state index contributed by atoms with van der Waals surface area (Å²) < 4.78 is 7.30. The number of nitrogens with zero attached hydrogens (tertiary/aromatic N) is 4. The third-order valence-electron chi connectivity index (χ3n) is 4.68. The number of ether oxygens (including phenoxy) is 1. The van der Waals surface area contributed by atoms with E-state index in [1.165, 1.54) is 0 Å². The van der Waals surface area contributed by atoms with E-state index >= 15 is 0 Å². The number of carbonyl (C=O) groups is 2. The Morgan fingerprint density at radius 2 is 1.79 bits per heavy atom. The number of imidazole rings is 1. The number of benzene rings is 1. The topological polar surface area (TPSA) is 67.7 Å². The lowest BCUT2D eigenvalue weighted by molar-refractivity contribution is 0.0240. The van der Waals surface area contributed by atoms with E-state index in [4.69, 9.17) is 4.74 Å². The van der Waals surface area contributed by atoms with E-state index in [1.54, 1.807) is 11.1 Å². The molecule has 7 nitrogen and oxygen atoms in total. The molecule has 0 aliphatic carbocycles. The quantitative estimate of drug-likeness (QED) is 0.758. The third kappa shape index (κ3) is 4.35. The molecule has 3 rings (SSSR count). The van der Waals surface area contributed by atoms with Gasteiger partial charge < -0.3 is 19.1 Å². The molecule has 150 valence electrons. The minimum absolute atomic E-state index is 0.0861. The summed E-state index contributed by atoms with van der Waals surface area (Å²) in [5.74, 6) is 0.361. The van der Waals surface area contributed by atoms with E-state index in [9.17, 15) is 9.59 Å². The van der Waals surface area contributed by atoms with Gasteiger partial charge in [-0.05, 0) is 39.8 Å². The number of aryl methyl sites for hydroxylation is 1. The van der Waals surface area contributed by atoms with Crippen LogP contribution in [0.3, 0.4) is 0 Å². The summed E-state index contributed by atoms with van der Waals surface area (Å²) in [6.45, 7) is 10.7. The van der Waals surface area contributed by atoms with Crippen molar-refractivity contribution in [2.45, 2.75) is 39.8 Å². The summed E-state index contributed by atoms with van der Waals surface area (Å²) in [5, 5.41) is 0. The molecule has 1 fully saturated rings. The predicted octanol–water partition coefficient (Wildman–Crippen LogP) is 3.19. The number of hydrogen-bond donors (Lipinski definition) is 0. The number of carbonyl (C=O) groups excluding carboxylic acids is 2. The lowest BCUT2D eigenvalue weighted by Gasteiger charge is -2.37. The molecule has 2 aromatic rings. The average Bonchev–Trinajstić information content (AvgIpc) is 3.15. The zero-order valence-corrected chi connectivity index (χ0v) is 17.0. The van der Waals surface area contributed by atoms with E-state index in [0.717, 1.165) is 5.69 Å². The van der Waals surface area contributed by atoms with Crippen LogP contribution in [0, 0.1) is 0 Å². The molecule has 1 saturated heterocycles.